The summed E-state index contributed by atoms with van der Waals surface area (Å²) < 4.78 is 0. The molecule has 40 heavy (non-hydrogen) atoms. The van der Waals surface area contributed by atoms with Gasteiger partial charge in [-0.05, 0) is 42.5 Å². The van der Waals surface area contributed by atoms with Crippen LogP contribution in [0.1, 0.15) is 69.8 Å². The van der Waals surface area contributed by atoms with Gasteiger partial charge in [0.1, 0.15) is 10.0 Å². The highest BCUT2D eigenvalue weighted by atomic mass is 32.1. The van der Waals surface area contributed by atoms with Crippen molar-refractivity contribution in [2.24, 2.45) is 0 Å². The molecular weight excluding hydrogens is 541 g/mol. The highest BCUT2D eigenvalue weighted by molar-refractivity contribution is 7.15. The molecule has 0 radical (unpaired) electrons. The summed E-state index contributed by atoms with van der Waals surface area (Å²) in [4.78, 5) is 12.6. The molecule has 5 rings (SSSR count). The van der Waals surface area contributed by atoms with Crippen LogP contribution in [0.2, 0.25) is 0 Å². The highest BCUT2D eigenvalue weighted by Gasteiger charge is 2.29. The van der Waals surface area contributed by atoms with Crippen molar-refractivity contribution in [3.8, 4) is 12.1 Å². The minimum atomic E-state index is -0.224. The Morgan fingerprint density at radius 2 is 1.35 bits per heavy atom. The van der Waals surface area contributed by atoms with E-state index in [0.29, 0.717) is 33.4 Å². The van der Waals surface area contributed by atoms with Crippen LogP contribution < -0.4 is 10.6 Å². The maximum Gasteiger partial charge on any atom is 0.230 e. The number of anilines is 2. The number of benzene rings is 2. The molecule has 2 atom stereocenters. The standard InChI is InChI=1S/C29H26N8OS2/c1-18(13-19-7-2-4-9-23(19)16-30)32-28-36-34-26(39-28)21-11-6-12-22(14-21)27-35-37-29(40-27)33-25(38)15-20-8-3-5-10-24(20)17-31/h2-5,7-10,21-22H,1,6,11-15H2,(H,32,36)(H,33,37,38)/t21-,22?/m0/s1. The number of hydrogen-bond donors (Lipinski definition) is 2. The zero-order valence-corrected chi connectivity index (χ0v) is 23.3. The van der Waals surface area contributed by atoms with Gasteiger partial charge in [0.2, 0.25) is 16.2 Å². The summed E-state index contributed by atoms with van der Waals surface area (Å²) in [6, 6.07) is 18.9. The Labute approximate surface area is 240 Å². The first-order chi connectivity index (χ1) is 19.5. The summed E-state index contributed by atoms with van der Waals surface area (Å²) in [5, 5.41) is 45.1. The second kappa shape index (κ2) is 12.6. The van der Waals surface area contributed by atoms with Gasteiger partial charge in [0.05, 0.1) is 29.7 Å². The van der Waals surface area contributed by atoms with Crippen LogP contribution in [0.15, 0.2) is 60.8 Å². The van der Waals surface area contributed by atoms with E-state index in [1.165, 1.54) is 22.7 Å². The molecule has 1 saturated carbocycles. The predicted molar refractivity (Wildman–Crippen MR) is 155 cm³/mol. The van der Waals surface area contributed by atoms with Gasteiger partial charge < -0.3 is 10.6 Å². The molecule has 0 bridgehead atoms. The number of nitriles is 2. The summed E-state index contributed by atoms with van der Waals surface area (Å²) in [6.45, 7) is 4.11. The minimum Gasteiger partial charge on any atom is -0.334 e. The van der Waals surface area contributed by atoms with Crippen molar-refractivity contribution in [2.75, 3.05) is 10.6 Å². The fourth-order valence-corrected chi connectivity index (χ4v) is 6.71. The number of nitrogens with one attached hydrogen (secondary N) is 2. The molecule has 1 aliphatic rings. The number of carbonyl (C=O) groups is 1. The quantitative estimate of drug-likeness (QED) is 0.254. The van der Waals surface area contributed by atoms with E-state index in [9.17, 15) is 15.3 Å². The van der Waals surface area contributed by atoms with Crippen LogP contribution in [0.4, 0.5) is 10.3 Å². The molecular formula is C29H26N8OS2. The Morgan fingerprint density at radius 3 is 1.93 bits per heavy atom. The fourth-order valence-electron chi connectivity index (χ4n) is 4.87. The van der Waals surface area contributed by atoms with Crippen molar-refractivity contribution in [2.45, 2.75) is 50.4 Å². The molecule has 1 unspecified atom stereocenters. The van der Waals surface area contributed by atoms with Gasteiger partial charge in [0.15, 0.2) is 0 Å². The minimum absolute atomic E-state index is 0.106. The number of aromatic nitrogens is 4. The van der Waals surface area contributed by atoms with Crippen molar-refractivity contribution in [3.05, 3.63) is 93.1 Å². The van der Waals surface area contributed by atoms with E-state index in [0.717, 1.165) is 47.0 Å². The van der Waals surface area contributed by atoms with E-state index in [1.54, 1.807) is 24.3 Å². The molecule has 9 nitrogen and oxygen atoms in total. The smallest absolute Gasteiger partial charge is 0.230 e. The third-order valence-electron chi connectivity index (χ3n) is 6.81. The second-order valence-corrected chi connectivity index (χ2v) is 11.6. The maximum atomic E-state index is 12.6. The van der Waals surface area contributed by atoms with Gasteiger partial charge in [-0.15, -0.1) is 20.4 Å². The van der Waals surface area contributed by atoms with Gasteiger partial charge in [0, 0.05) is 24.0 Å². The summed E-state index contributed by atoms with van der Waals surface area (Å²) >= 11 is 2.94. The SMILES string of the molecule is C=C(Cc1ccccc1C#N)Nc1nnc([C@H]2CCCC(c3nnc(NC(=O)Cc4ccccc4C#N)s3)C2)s1. The van der Waals surface area contributed by atoms with Gasteiger partial charge in [0.25, 0.3) is 0 Å². The average Bonchev–Trinajstić information content (AvgIpc) is 3.63. The summed E-state index contributed by atoms with van der Waals surface area (Å²) in [5.74, 6) is 0.279. The molecule has 1 amide bonds. The van der Waals surface area contributed by atoms with E-state index in [2.05, 4.69) is 49.7 Å². The number of nitrogens with zero attached hydrogens (tertiary/aromatic N) is 6. The Bertz CT molecular complexity index is 1490. The molecule has 0 spiro atoms. The van der Waals surface area contributed by atoms with Crippen molar-refractivity contribution in [1.82, 2.24) is 20.4 Å². The monoisotopic (exact) mass is 566 g/mol. The molecule has 2 aromatic heterocycles. The van der Waals surface area contributed by atoms with E-state index >= 15 is 0 Å². The summed E-state index contributed by atoms with van der Waals surface area (Å²) in [7, 11) is 0. The summed E-state index contributed by atoms with van der Waals surface area (Å²) in [5.41, 5.74) is 3.49. The Hall–Kier alpha value is -4.45. The van der Waals surface area contributed by atoms with Gasteiger partial charge >= 0.3 is 0 Å². The number of carbonyl (C=O) groups excluding carboxylic acids is 1. The Kier molecular flexibility index (Phi) is 8.55. The first-order valence-corrected chi connectivity index (χ1v) is 14.5. The molecule has 11 heteroatoms. The number of hydrogen-bond acceptors (Lipinski definition) is 10. The van der Waals surface area contributed by atoms with Crippen LogP contribution >= 0.6 is 22.7 Å². The van der Waals surface area contributed by atoms with Crippen LogP contribution in [0.3, 0.4) is 0 Å². The van der Waals surface area contributed by atoms with E-state index in [4.69, 9.17) is 0 Å². The van der Waals surface area contributed by atoms with Crippen molar-refractivity contribution in [1.29, 1.82) is 10.5 Å². The highest BCUT2D eigenvalue weighted by Crippen LogP contribution is 2.43. The van der Waals surface area contributed by atoms with Crippen LogP contribution in [0.5, 0.6) is 0 Å². The number of allylic oxidation sites excluding steroid dienone is 1. The fraction of sp³-hybridized carbons (Fsp3) is 0.276. The Morgan fingerprint density at radius 1 is 0.825 bits per heavy atom. The molecule has 2 heterocycles. The van der Waals surface area contributed by atoms with E-state index < -0.39 is 0 Å². The molecule has 1 aliphatic carbocycles. The topological polar surface area (TPSA) is 140 Å². The average molecular weight is 567 g/mol. The molecule has 0 saturated heterocycles. The van der Waals surface area contributed by atoms with E-state index in [-0.39, 0.29) is 24.2 Å². The van der Waals surface area contributed by atoms with Gasteiger partial charge in [-0.25, -0.2) is 0 Å². The zero-order valence-electron chi connectivity index (χ0n) is 21.6. The predicted octanol–water partition coefficient (Wildman–Crippen LogP) is 5.92. The largest absolute Gasteiger partial charge is 0.334 e. The van der Waals surface area contributed by atoms with E-state index in [1.807, 2.05) is 24.3 Å². The third kappa shape index (κ3) is 6.57. The van der Waals surface area contributed by atoms with Crippen molar-refractivity contribution in [3.63, 3.8) is 0 Å². The number of rotatable bonds is 9. The lowest BCUT2D eigenvalue weighted by Gasteiger charge is -2.25. The van der Waals surface area contributed by atoms with Crippen LogP contribution in [-0.4, -0.2) is 26.3 Å². The molecule has 1 fully saturated rings. The second-order valence-electron chi connectivity index (χ2n) is 9.62. The van der Waals surface area contributed by atoms with Crippen LogP contribution in [-0.2, 0) is 17.6 Å². The van der Waals surface area contributed by atoms with Crippen LogP contribution in [0, 0.1) is 22.7 Å². The lowest BCUT2D eigenvalue weighted by molar-refractivity contribution is -0.115. The van der Waals surface area contributed by atoms with Crippen LogP contribution in [0.25, 0.3) is 0 Å². The third-order valence-corrected chi connectivity index (χ3v) is 8.82. The van der Waals surface area contributed by atoms with Gasteiger partial charge in [-0.3, -0.25) is 4.79 Å². The molecule has 4 aromatic rings. The Balaban J connectivity index is 1.17. The zero-order chi connectivity index (χ0) is 27.9. The molecule has 2 N–H and O–H groups in total. The first-order valence-electron chi connectivity index (χ1n) is 12.9. The molecule has 200 valence electrons. The number of amides is 1. The van der Waals surface area contributed by atoms with Crippen molar-refractivity contribution >= 4 is 38.8 Å². The first kappa shape index (κ1) is 27.1. The summed E-state index contributed by atoms with van der Waals surface area (Å²) in [6.07, 6.45) is 4.61. The molecule has 0 aliphatic heterocycles. The maximum absolute atomic E-state index is 12.6. The lowest BCUT2D eigenvalue weighted by atomic mass is 9.82. The van der Waals surface area contributed by atoms with Gasteiger partial charge in [-0.1, -0.05) is 72.1 Å². The van der Waals surface area contributed by atoms with Gasteiger partial charge in [-0.2, -0.15) is 10.5 Å². The lowest BCUT2D eigenvalue weighted by Crippen LogP contribution is -2.15. The van der Waals surface area contributed by atoms with Crippen molar-refractivity contribution < 1.29 is 4.79 Å². The normalized spacial score (nSPS) is 16.4. The molecule has 2 aromatic carbocycles.